The van der Waals surface area contributed by atoms with Gasteiger partial charge in [-0.25, -0.2) is 9.37 Å². The van der Waals surface area contributed by atoms with E-state index >= 15 is 0 Å². The van der Waals surface area contributed by atoms with Gasteiger partial charge in [0.05, 0.1) is 4.88 Å². The molecule has 0 spiro atoms. The number of rotatable bonds is 7. The maximum absolute atomic E-state index is 12.9. The highest BCUT2D eigenvalue weighted by Gasteiger charge is 2.05. The Morgan fingerprint density at radius 2 is 1.46 bits per heavy atom. The van der Waals surface area contributed by atoms with Crippen molar-refractivity contribution >= 4 is 11.3 Å². The van der Waals surface area contributed by atoms with Crippen LogP contribution in [0.3, 0.4) is 0 Å². The van der Waals surface area contributed by atoms with Gasteiger partial charge in [0.2, 0.25) is 0 Å². The minimum Gasteiger partial charge on any atom is -0.310 e. The van der Waals surface area contributed by atoms with Gasteiger partial charge in [0, 0.05) is 12.7 Å². The zero-order valence-electron chi connectivity index (χ0n) is 15.4. The van der Waals surface area contributed by atoms with E-state index in [2.05, 4.69) is 58.8 Å². The predicted octanol–water partition coefficient (Wildman–Crippen LogP) is 5.95. The van der Waals surface area contributed by atoms with Crippen molar-refractivity contribution in [2.45, 2.75) is 13.0 Å². The van der Waals surface area contributed by atoms with Crippen LogP contribution in [0.2, 0.25) is 0 Å². The summed E-state index contributed by atoms with van der Waals surface area (Å²) in [6.45, 7) is 1.58. The van der Waals surface area contributed by atoms with Crippen molar-refractivity contribution in [2.24, 2.45) is 0 Å². The van der Waals surface area contributed by atoms with Crippen LogP contribution < -0.4 is 5.32 Å². The third-order valence-electron chi connectivity index (χ3n) is 4.61. The molecule has 0 amide bonds. The first kappa shape index (κ1) is 18.5. The lowest BCUT2D eigenvalue weighted by Gasteiger charge is -2.03. The Morgan fingerprint density at radius 1 is 0.786 bits per heavy atom. The minimum atomic E-state index is -0.191. The Balaban J connectivity index is 1.32. The third-order valence-corrected chi connectivity index (χ3v) is 5.66. The molecule has 0 fully saturated rings. The van der Waals surface area contributed by atoms with Gasteiger partial charge in [-0.05, 0) is 47.4 Å². The second-order valence-corrected chi connectivity index (χ2v) is 7.73. The second-order valence-electron chi connectivity index (χ2n) is 6.61. The van der Waals surface area contributed by atoms with Gasteiger partial charge in [0.25, 0.3) is 0 Å². The molecular formula is C24H21FN2S. The number of aromatic nitrogens is 1. The van der Waals surface area contributed by atoms with Crippen LogP contribution >= 0.6 is 11.3 Å². The summed E-state index contributed by atoms with van der Waals surface area (Å²) in [7, 11) is 0. The van der Waals surface area contributed by atoms with Crippen LogP contribution in [0.25, 0.3) is 21.6 Å². The molecule has 4 heteroatoms. The van der Waals surface area contributed by atoms with E-state index in [1.165, 1.54) is 33.7 Å². The number of nitrogens with one attached hydrogen (secondary N) is 1. The van der Waals surface area contributed by atoms with Crippen LogP contribution in [0.5, 0.6) is 0 Å². The lowest BCUT2D eigenvalue weighted by atomic mass is 10.0. The van der Waals surface area contributed by atoms with Crippen molar-refractivity contribution in [3.05, 3.63) is 101 Å². The van der Waals surface area contributed by atoms with Crippen molar-refractivity contribution in [3.8, 4) is 21.6 Å². The molecule has 2 nitrogen and oxygen atoms in total. The maximum Gasteiger partial charge on any atom is 0.123 e. The molecular weight excluding hydrogens is 367 g/mol. The van der Waals surface area contributed by atoms with Crippen molar-refractivity contribution in [1.82, 2.24) is 10.3 Å². The number of benzene rings is 3. The summed E-state index contributed by atoms with van der Waals surface area (Å²) >= 11 is 1.71. The topological polar surface area (TPSA) is 24.9 Å². The van der Waals surface area contributed by atoms with Crippen LogP contribution in [0.15, 0.2) is 85.1 Å². The lowest BCUT2D eigenvalue weighted by Crippen LogP contribution is -2.16. The second kappa shape index (κ2) is 8.91. The highest BCUT2D eigenvalue weighted by Crippen LogP contribution is 2.28. The molecule has 3 aromatic carbocycles. The van der Waals surface area contributed by atoms with Crippen LogP contribution in [0.4, 0.5) is 4.39 Å². The molecule has 1 N–H and O–H groups in total. The Hall–Kier alpha value is -2.82. The molecule has 0 radical (unpaired) electrons. The fraction of sp³-hybridized carbons (Fsp3) is 0.125. The highest BCUT2D eigenvalue weighted by molar-refractivity contribution is 7.15. The van der Waals surface area contributed by atoms with Crippen LogP contribution in [-0.4, -0.2) is 11.5 Å². The number of halogens is 1. The summed E-state index contributed by atoms with van der Waals surface area (Å²) < 4.78 is 12.9. The SMILES string of the molecule is Fc1ccc(CCNCc2ncc(-c3ccc(-c4ccccc4)cc3)s2)cc1. The first-order valence-electron chi connectivity index (χ1n) is 9.34. The normalized spacial score (nSPS) is 10.9. The molecule has 1 aromatic heterocycles. The van der Waals surface area contributed by atoms with Gasteiger partial charge in [0.1, 0.15) is 10.8 Å². The largest absolute Gasteiger partial charge is 0.310 e. The van der Waals surface area contributed by atoms with E-state index in [1.807, 2.05) is 24.4 Å². The number of hydrogen-bond acceptors (Lipinski definition) is 3. The van der Waals surface area contributed by atoms with E-state index in [9.17, 15) is 4.39 Å². The zero-order valence-corrected chi connectivity index (χ0v) is 16.3. The van der Waals surface area contributed by atoms with Gasteiger partial charge in [-0.2, -0.15) is 0 Å². The Morgan fingerprint density at radius 3 is 2.21 bits per heavy atom. The maximum atomic E-state index is 12.9. The van der Waals surface area contributed by atoms with Gasteiger partial charge in [-0.3, -0.25) is 0 Å². The first-order valence-corrected chi connectivity index (χ1v) is 10.2. The van der Waals surface area contributed by atoms with Gasteiger partial charge < -0.3 is 5.32 Å². The van der Waals surface area contributed by atoms with Gasteiger partial charge >= 0.3 is 0 Å². The molecule has 0 aliphatic heterocycles. The average molecular weight is 389 g/mol. The molecule has 0 saturated carbocycles. The van der Waals surface area contributed by atoms with Gasteiger partial charge in [0.15, 0.2) is 0 Å². The predicted molar refractivity (Wildman–Crippen MR) is 115 cm³/mol. The first-order chi connectivity index (χ1) is 13.8. The molecule has 0 aliphatic rings. The van der Waals surface area contributed by atoms with E-state index in [4.69, 9.17) is 0 Å². The van der Waals surface area contributed by atoms with Gasteiger partial charge in [-0.15, -0.1) is 11.3 Å². The van der Waals surface area contributed by atoms with Gasteiger partial charge in [-0.1, -0.05) is 66.7 Å². The Labute approximate surface area is 168 Å². The third kappa shape index (κ3) is 4.71. The summed E-state index contributed by atoms with van der Waals surface area (Å²) in [6, 6.07) is 25.7. The molecule has 4 rings (SSSR count). The fourth-order valence-corrected chi connectivity index (χ4v) is 3.95. The Kier molecular flexibility index (Phi) is 5.90. The van der Waals surface area contributed by atoms with E-state index < -0.39 is 0 Å². The molecule has 0 bridgehead atoms. The molecule has 28 heavy (non-hydrogen) atoms. The number of hydrogen-bond donors (Lipinski definition) is 1. The summed E-state index contributed by atoms with van der Waals surface area (Å²) in [5.41, 5.74) is 4.77. The quantitative estimate of drug-likeness (QED) is 0.396. The summed E-state index contributed by atoms with van der Waals surface area (Å²) in [4.78, 5) is 5.71. The summed E-state index contributed by atoms with van der Waals surface area (Å²) in [5, 5.41) is 4.48. The van der Waals surface area contributed by atoms with Crippen LogP contribution in [-0.2, 0) is 13.0 Å². The zero-order chi connectivity index (χ0) is 19.2. The molecule has 140 valence electrons. The molecule has 0 saturated heterocycles. The molecule has 0 unspecified atom stereocenters. The minimum absolute atomic E-state index is 0.191. The lowest BCUT2D eigenvalue weighted by molar-refractivity contribution is 0.626. The van der Waals surface area contributed by atoms with Crippen LogP contribution in [0, 0.1) is 5.82 Å². The monoisotopic (exact) mass is 388 g/mol. The van der Waals surface area contributed by atoms with Crippen molar-refractivity contribution in [2.75, 3.05) is 6.54 Å². The molecule has 0 atom stereocenters. The smallest absolute Gasteiger partial charge is 0.123 e. The van der Waals surface area contributed by atoms with E-state index in [0.29, 0.717) is 0 Å². The summed E-state index contributed by atoms with van der Waals surface area (Å²) in [5.74, 6) is -0.191. The van der Waals surface area contributed by atoms with Crippen molar-refractivity contribution < 1.29 is 4.39 Å². The van der Waals surface area contributed by atoms with E-state index in [-0.39, 0.29) is 5.82 Å². The van der Waals surface area contributed by atoms with E-state index in [0.717, 1.165) is 30.1 Å². The average Bonchev–Trinajstić information content (AvgIpc) is 3.22. The number of nitrogens with zero attached hydrogens (tertiary/aromatic N) is 1. The Bertz CT molecular complexity index is 1010. The van der Waals surface area contributed by atoms with Crippen LogP contribution in [0.1, 0.15) is 10.6 Å². The highest BCUT2D eigenvalue weighted by atomic mass is 32.1. The molecule has 0 aliphatic carbocycles. The summed E-state index contributed by atoms with van der Waals surface area (Å²) in [6.07, 6.45) is 2.82. The molecule has 1 heterocycles. The van der Waals surface area contributed by atoms with Crippen molar-refractivity contribution in [1.29, 1.82) is 0 Å². The molecule has 4 aromatic rings. The standard InChI is InChI=1S/C24H21FN2S/c25-22-12-6-18(7-13-22)14-15-26-17-24-27-16-23(28-24)21-10-8-20(9-11-21)19-4-2-1-3-5-19/h1-13,16,26H,14-15,17H2. The fourth-order valence-electron chi connectivity index (χ4n) is 3.06. The number of thiazole rings is 1. The van der Waals surface area contributed by atoms with E-state index in [1.54, 1.807) is 11.3 Å². The van der Waals surface area contributed by atoms with Crippen molar-refractivity contribution in [3.63, 3.8) is 0 Å².